The molecule has 0 spiro atoms. The standard InChI is InChI=1S/C21H30Cl2N2O3.C13H25NO2/c1-13-3-5-16(6-4-13)28-12-15-9-17(27-2)11-25(15)21(26)8-14-7-19(23)20(24)10-18(14)22;1-10-3-5-12(6-4-10)16-9-11-7-13(15-2)8-14-11/h7,10,13,15-17H,3-6,8-9,11-12,24H2,1-2H3;10-14H,3-9H2,1-2H3/t13?,15-,16?,17-;10?,11-,12?,13-/m00/s1. The number of hydrogen-bond donors (Lipinski definition) is 2. The minimum absolute atomic E-state index is 0.00755. The Morgan fingerprint density at radius 2 is 1.43 bits per heavy atom. The highest BCUT2D eigenvalue weighted by Crippen LogP contribution is 2.31. The lowest BCUT2D eigenvalue weighted by Gasteiger charge is -2.30. The van der Waals surface area contributed by atoms with Crippen molar-refractivity contribution in [2.75, 3.05) is 46.3 Å². The summed E-state index contributed by atoms with van der Waals surface area (Å²) in [6.45, 7) is 7.61. The van der Waals surface area contributed by atoms with E-state index in [1.54, 1.807) is 26.4 Å². The molecule has 0 radical (unpaired) electrons. The molecule has 0 aromatic heterocycles. The maximum absolute atomic E-state index is 13.0. The number of carbonyl (C=O) groups is 1. The molecule has 1 amide bonds. The third-order valence-electron chi connectivity index (χ3n) is 10.0. The van der Waals surface area contributed by atoms with Crippen molar-refractivity contribution in [3.63, 3.8) is 0 Å². The van der Waals surface area contributed by atoms with Gasteiger partial charge in [0.2, 0.25) is 5.91 Å². The van der Waals surface area contributed by atoms with Crippen molar-refractivity contribution >= 4 is 34.8 Å². The first-order valence-electron chi connectivity index (χ1n) is 16.7. The number of nitrogens with two attached hydrogens (primary N) is 1. The van der Waals surface area contributed by atoms with Gasteiger partial charge in [-0.25, -0.2) is 0 Å². The third kappa shape index (κ3) is 10.7. The quantitative estimate of drug-likeness (QED) is 0.286. The molecule has 250 valence electrons. The van der Waals surface area contributed by atoms with Crippen LogP contribution < -0.4 is 11.1 Å². The number of hydrogen-bond acceptors (Lipinski definition) is 7. The predicted molar refractivity (Wildman–Crippen MR) is 177 cm³/mol. The number of amides is 1. The molecule has 0 unspecified atom stereocenters. The van der Waals surface area contributed by atoms with E-state index in [1.807, 2.05) is 4.90 Å². The Labute approximate surface area is 275 Å². The van der Waals surface area contributed by atoms with Crippen molar-refractivity contribution in [2.24, 2.45) is 11.8 Å². The van der Waals surface area contributed by atoms with Gasteiger partial charge in [0.15, 0.2) is 0 Å². The maximum Gasteiger partial charge on any atom is 0.227 e. The Morgan fingerprint density at radius 3 is 2.00 bits per heavy atom. The number of ether oxygens (including phenoxy) is 4. The molecule has 4 aliphatic rings. The van der Waals surface area contributed by atoms with Gasteiger partial charge in [0.25, 0.3) is 0 Å². The molecule has 4 atom stereocenters. The SMILES string of the molecule is CO[C@@H]1CN[C@H](COC2CCC(C)CC2)C1.CO[C@H]1C[C@@H](COC2CCC(C)CC2)N(C(=O)Cc2cc(Cl)c(N)cc2Cl)C1. The number of nitrogens with one attached hydrogen (secondary N) is 1. The number of nitrogens with zero attached hydrogens (tertiary/aromatic N) is 1. The van der Waals surface area contributed by atoms with E-state index in [4.69, 9.17) is 47.9 Å². The van der Waals surface area contributed by atoms with Crippen molar-refractivity contribution in [2.45, 2.75) is 121 Å². The summed E-state index contributed by atoms with van der Waals surface area (Å²) in [5, 5.41) is 4.33. The van der Waals surface area contributed by atoms with E-state index in [1.165, 1.54) is 38.5 Å². The predicted octanol–water partition coefficient (Wildman–Crippen LogP) is 6.29. The monoisotopic (exact) mass is 655 g/mol. The van der Waals surface area contributed by atoms with Crippen LogP contribution in [0.3, 0.4) is 0 Å². The number of halogens is 2. The van der Waals surface area contributed by atoms with Crippen LogP contribution in [0.15, 0.2) is 12.1 Å². The average molecular weight is 657 g/mol. The fourth-order valence-corrected chi connectivity index (χ4v) is 7.32. The lowest BCUT2D eigenvalue weighted by molar-refractivity contribution is -0.133. The zero-order valence-electron chi connectivity index (χ0n) is 27.2. The molecule has 10 heteroatoms. The number of likely N-dealkylation sites (tertiary alicyclic amines) is 1. The molecule has 3 N–H and O–H groups in total. The molecule has 2 aliphatic heterocycles. The molecular weight excluding hydrogens is 601 g/mol. The lowest BCUT2D eigenvalue weighted by Crippen LogP contribution is -2.40. The summed E-state index contributed by atoms with van der Waals surface area (Å²) in [6.07, 6.45) is 13.1. The summed E-state index contributed by atoms with van der Waals surface area (Å²) in [7, 11) is 3.48. The minimum Gasteiger partial charge on any atom is -0.397 e. The highest BCUT2D eigenvalue weighted by Gasteiger charge is 2.36. The van der Waals surface area contributed by atoms with E-state index < -0.39 is 0 Å². The largest absolute Gasteiger partial charge is 0.397 e. The number of benzene rings is 1. The number of anilines is 1. The third-order valence-corrected chi connectivity index (χ3v) is 10.7. The fraction of sp³-hybridized carbons (Fsp3) is 0.794. The zero-order chi connectivity index (χ0) is 31.6. The lowest BCUT2D eigenvalue weighted by atomic mass is 9.89. The Balaban J connectivity index is 0.000000233. The second kappa shape index (κ2) is 17.7. The molecule has 1 aromatic carbocycles. The summed E-state index contributed by atoms with van der Waals surface area (Å²) in [5.41, 5.74) is 6.88. The number of rotatable bonds is 10. The molecule has 2 saturated carbocycles. The molecule has 0 bridgehead atoms. The summed E-state index contributed by atoms with van der Waals surface area (Å²) in [6, 6.07) is 3.80. The fourth-order valence-electron chi connectivity index (χ4n) is 6.89. The summed E-state index contributed by atoms with van der Waals surface area (Å²) in [5.74, 6) is 1.70. The minimum atomic E-state index is 0.00755. The van der Waals surface area contributed by atoms with Gasteiger partial charge >= 0.3 is 0 Å². The normalized spacial score (nSPS) is 32.4. The first-order chi connectivity index (χ1) is 21.1. The van der Waals surface area contributed by atoms with Gasteiger partial charge in [-0.1, -0.05) is 37.0 Å². The van der Waals surface area contributed by atoms with Gasteiger partial charge < -0.3 is 34.9 Å². The smallest absolute Gasteiger partial charge is 0.227 e. The molecule has 2 aliphatic carbocycles. The molecule has 44 heavy (non-hydrogen) atoms. The van der Waals surface area contributed by atoms with Gasteiger partial charge in [0.05, 0.1) is 60.8 Å². The molecule has 4 fully saturated rings. The van der Waals surface area contributed by atoms with E-state index in [2.05, 4.69) is 19.2 Å². The van der Waals surface area contributed by atoms with Gasteiger partial charge in [0, 0.05) is 38.4 Å². The molecule has 1 aromatic rings. The Bertz CT molecular complexity index is 1030. The van der Waals surface area contributed by atoms with Crippen LogP contribution in [0.2, 0.25) is 10.0 Å². The van der Waals surface area contributed by atoms with Crippen molar-refractivity contribution < 1.29 is 23.7 Å². The summed E-state index contributed by atoms with van der Waals surface area (Å²) >= 11 is 12.4. The molecular formula is C34H55Cl2N3O5. The van der Waals surface area contributed by atoms with Crippen LogP contribution in [0.5, 0.6) is 0 Å². The van der Waals surface area contributed by atoms with Crippen LogP contribution in [0.25, 0.3) is 0 Å². The first kappa shape index (κ1) is 35.7. The van der Waals surface area contributed by atoms with Crippen molar-refractivity contribution in [1.82, 2.24) is 10.2 Å². The topological polar surface area (TPSA) is 95.3 Å². The van der Waals surface area contributed by atoms with Gasteiger partial charge in [-0.2, -0.15) is 0 Å². The van der Waals surface area contributed by atoms with Gasteiger partial charge in [0.1, 0.15) is 0 Å². The first-order valence-corrected chi connectivity index (χ1v) is 17.5. The Hall–Kier alpha value is -1.13. The second-order valence-electron chi connectivity index (χ2n) is 13.6. The van der Waals surface area contributed by atoms with Crippen LogP contribution >= 0.6 is 23.2 Å². The van der Waals surface area contributed by atoms with E-state index in [0.717, 1.165) is 50.7 Å². The Morgan fingerprint density at radius 1 is 0.841 bits per heavy atom. The zero-order valence-corrected chi connectivity index (χ0v) is 28.7. The second-order valence-corrected chi connectivity index (χ2v) is 14.4. The summed E-state index contributed by atoms with van der Waals surface area (Å²) in [4.78, 5) is 14.9. The van der Waals surface area contributed by atoms with Gasteiger partial charge in [-0.15, -0.1) is 0 Å². The molecule has 2 saturated heterocycles. The van der Waals surface area contributed by atoms with Gasteiger partial charge in [-0.05, 0) is 93.7 Å². The molecule has 8 nitrogen and oxygen atoms in total. The van der Waals surface area contributed by atoms with Crippen LogP contribution in [0, 0.1) is 11.8 Å². The van der Waals surface area contributed by atoms with E-state index >= 15 is 0 Å². The van der Waals surface area contributed by atoms with Crippen molar-refractivity contribution in [3.8, 4) is 0 Å². The van der Waals surface area contributed by atoms with Gasteiger partial charge in [-0.3, -0.25) is 4.79 Å². The van der Waals surface area contributed by atoms with E-state index in [0.29, 0.717) is 58.8 Å². The number of carbonyl (C=O) groups excluding carboxylic acids is 1. The number of nitrogen functional groups attached to an aromatic ring is 1. The Kier molecular flexibility index (Phi) is 14.4. The molecule has 5 rings (SSSR count). The highest BCUT2D eigenvalue weighted by molar-refractivity contribution is 6.35. The number of methoxy groups -OCH3 is 2. The van der Waals surface area contributed by atoms with Crippen molar-refractivity contribution in [1.29, 1.82) is 0 Å². The summed E-state index contributed by atoms with van der Waals surface area (Å²) < 4.78 is 23.0. The highest BCUT2D eigenvalue weighted by atomic mass is 35.5. The van der Waals surface area contributed by atoms with E-state index in [9.17, 15) is 4.79 Å². The van der Waals surface area contributed by atoms with Crippen LogP contribution in [-0.4, -0.2) is 87.8 Å². The average Bonchev–Trinajstić information content (AvgIpc) is 3.67. The van der Waals surface area contributed by atoms with E-state index in [-0.39, 0.29) is 24.5 Å². The van der Waals surface area contributed by atoms with Crippen molar-refractivity contribution in [3.05, 3.63) is 27.7 Å². The van der Waals surface area contributed by atoms with Crippen LogP contribution in [0.1, 0.15) is 83.6 Å². The molecule has 2 heterocycles. The van der Waals surface area contributed by atoms with Crippen LogP contribution in [0.4, 0.5) is 5.69 Å². The maximum atomic E-state index is 13.0. The van der Waals surface area contributed by atoms with Crippen LogP contribution in [-0.2, 0) is 30.2 Å².